The highest BCUT2D eigenvalue weighted by Gasteiger charge is 2.57. The Kier molecular flexibility index (Phi) is 5.15. The number of ether oxygens (including phenoxy) is 1. The lowest BCUT2D eigenvalue weighted by atomic mass is 9.96. The summed E-state index contributed by atoms with van der Waals surface area (Å²) >= 11 is 0. The molecule has 2 amide bonds. The van der Waals surface area contributed by atoms with Crippen LogP contribution in [0.3, 0.4) is 0 Å². The minimum atomic E-state index is -1.17. The van der Waals surface area contributed by atoms with Gasteiger partial charge >= 0.3 is 12.1 Å². The maximum atomic E-state index is 13.2. The molecule has 0 unspecified atom stereocenters. The monoisotopic (exact) mass is 448 g/mol. The minimum Gasteiger partial charge on any atom is -0.480 e. The van der Waals surface area contributed by atoms with Crippen molar-refractivity contribution in [2.24, 2.45) is 5.41 Å². The average Bonchev–Trinajstić information content (AvgIpc) is 3.41. The molecule has 172 valence electrons. The summed E-state index contributed by atoms with van der Waals surface area (Å²) in [4.78, 5) is 38.9. The van der Waals surface area contributed by atoms with Gasteiger partial charge in [0, 0.05) is 19.0 Å². The number of benzene rings is 2. The summed E-state index contributed by atoms with van der Waals surface area (Å²) in [6, 6.07) is 16.3. The van der Waals surface area contributed by atoms with Gasteiger partial charge < -0.3 is 20.1 Å². The van der Waals surface area contributed by atoms with Crippen molar-refractivity contribution in [1.29, 1.82) is 0 Å². The van der Waals surface area contributed by atoms with Crippen LogP contribution < -0.4 is 5.32 Å². The predicted molar refractivity (Wildman–Crippen MR) is 122 cm³/mol. The van der Waals surface area contributed by atoms with Crippen LogP contribution in [0.15, 0.2) is 48.5 Å². The molecule has 3 aliphatic rings. The Labute approximate surface area is 192 Å². The summed E-state index contributed by atoms with van der Waals surface area (Å²) in [6.45, 7) is 2.42. The standard InChI is InChI=1S/C26H28N2O5/c1-25(23(30)31)11-6-14-28(25)22(29)26(12-13-26)16-27-24(32)33-15-21-19-9-4-2-7-17(19)18-8-3-5-10-20(18)21/h2-5,7-10,21H,6,11-16H2,1H3,(H,27,32)(H,30,31)/t25-/m1/s1. The lowest BCUT2D eigenvalue weighted by Gasteiger charge is -2.34. The zero-order valence-corrected chi connectivity index (χ0v) is 18.7. The summed E-state index contributed by atoms with van der Waals surface area (Å²) in [6.07, 6.45) is 1.84. The number of alkyl carbamates (subject to hydrolysis) is 1. The van der Waals surface area contributed by atoms with Gasteiger partial charge in [-0.25, -0.2) is 9.59 Å². The van der Waals surface area contributed by atoms with Crippen molar-refractivity contribution in [2.75, 3.05) is 19.7 Å². The summed E-state index contributed by atoms with van der Waals surface area (Å²) in [5.41, 5.74) is 2.72. The maximum absolute atomic E-state index is 13.2. The van der Waals surface area contributed by atoms with Gasteiger partial charge in [0.2, 0.25) is 5.91 Å². The molecule has 1 atom stereocenters. The molecule has 2 N–H and O–H groups in total. The van der Waals surface area contributed by atoms with Crippen LogP contribution in [0.25, 0.3) is 11.1 Å². The number of hydrogen-bond acceptors (Lipinski definition) is 4. The Hall–Kier alpha value is -3.35. The number of amides is 2. The van der Waals surface area contributed by atoms with Gasteiger partial charge in [0.05, 0.1) is 5.41 Å². The molecule has 0 radical (unpaired) electrons. The van der Waals surface area contributed by atoms with E-state index in [4.69, 9.17) is 4.74 Å². The fourth-order valence-electron chi connectivity index (χ4n) is 5.31. The van der Waals surface area contributed by atoms with Gasteiger partial charge in [-0.05, 0) is 54.9 Å². The van der Waals surface area contributed by atoms with E-state index in [0.29, 0.717) is 32.2 Å². The molecule has 33 heavy (non-hydrogen) atoms. The number of carbonyl (C=O) groups excluding carboxylic acids is 2. The first-order chi connectivity index (χ1) is 15.9. The van der Waals surface area contributed by atoms with Gasteiger partial charge in [0.1, 0.15) is 12.1 Å². The number of carbonyl (C=O) groups is 3. The van der Waals surface area contributed by atoms with Crippen molar-refractivity contribution >= 4 is 18.0 Å². The van der Waals surface area contributed by atoms with E-state index in [1.807, 2.05) is 24.3 Å². The third-order valence-electron chi connectivity index (χ3n) is 7.57. The number of carboxylic acid groups (broad SMARTS) is 1. The van der Waals surface area contributed by atoms with E-state index in [-0.39, 0.29) is 25.0 Å². The molecular weight excluding hydrogens is 420 g/mol. The highest BCUT2D eigenvalue weighted by Crippen LogP contribution is 2.49. The summed E-state index contributed by atoms with van der Waals surface area (Å²) in [5.74, 6) is -1.18. The Morgan fingerprint density at radius 3 is 2.21 bits per heavy atom. The third-order valence-corrected chi connectivity index (χ3v) is 7.57. The van der Waals surface area contributed by atoms with Crippen LogP contribution in [-0.2, 0) is 14.3 Å². The summed E-state index contributed by atoms with van der Waals surface area (Å²) in [5, 5.41) is 12.4. The third kappa shape index (κ3) is 3.56. The fourth-order valence-corrected chi connectivity index (χ4v) is 5.31. The molecule has 7 nitrogen and oxygen atoms in total. The molecule has 0 bridgehead atoms. The second-order valence-electron chi connectivity index (χ2n) is 9.60. The van der Waals surface area contributed by atoms with Crippen molar-refractivity contribution in [3.05, 3.63) is 59.7 Å². The number of carboxylic acids is 1. The SMILES string of the molecule is C[C@]1(C(=O)O)CCCN1C(=O)C1(CNC(=O)OCC2c3ccccc3-c3ccccc32)CC1. The lowest BCUT2D eigenvalue weighted by molar-refractivity contribution is -0.157. The van der Waals surface area contributed by atoms with Gasteiger partial charge in [0.25, 0.3) is 0 Å². The van der Waals surface area contributed by atoms with E-state index >= 15 is 0 Å². The topological polar surface area (TPSA) is 95.9 Å². The zero-order valence-electron chi connectivity index (χ0n) is 18.7. The number of nitrogens with zero attached hydrogens (tertiary/aromatic N) is 1. The summed E-state index contributed by atoms with van der Waals surface area (Å²) in [7, 11) is 0. The average molecular weight is 449 g/mol. The molecular formula is C26H28N2O5. The van der Waals surface area contributed by atoms with Gasteiger partial charge in [-0.15, -0.1) is 0 Å². The molecule has 1 saturated carbocycles. The summed E-state index contributed by atoms with van der Waals surface area (Å²) < 4.78 is 5.58. The molecule has 5 rings (SSSR count). The Balaban J connectivity index is 1.21. The first-order valence-corrected chi connectivity index (χ1v) is 11.5. The lowest BCUT2D eigenvalue weighted by Crippen LogP contribution is -2.54. The number of nitrogens with one attached hydrogen (secondary N) is 1. The Morgan fingerprint density at radius 1 is 1.03 bits per heavy atom. The van der Waals surface area contributed by atoms with Gasteiger partial charge in [-0.1, -0.05) is 48.5 Å². The molecule has 0 aromatic heterocycles. The minimum absolute atomic E-state index is 0.0273. The normalized spacial score (nSPS) is 22.4. The zero-order chi connectivity index (χ0) is 23.2. The number of aliphatic carboxylic acids is 1. The van der Waals surface area contributed by atoms with Gasteiger partial charge in [0.15, 0.2) is 0 Å². The molecule has 1 saturated heterocycles. The first-order valence-electron chi connectivity index (χ1n) is 11.5. The highest BCUT2D eigenvalue weighted by atomic mass is 16.5. The van der Waals surface area contributed by atoms with E-state index in [9.17, 15) is 19.5 Å². The highest BCUT2D eigenvalue weighted by molar-refractivity contribution is 5.92. The molecule has 7 heteroatoms. The molecule has 2 aromatic rings. The van der Waals surface area contributed by atoms with Crippen LogP contribution in [0.1, 0.15) is 49.7 Å². The second kappa shape index (κ2) is 7.90. The van der Waals surface area contributed by atoms with E-state index in [0.717, 1.165) is 22.3 Å². The van der Waals surface area contributed by atoms with E-state index in [1.54, 1.807) is 6.92 Å². The van der Waals surface area contributed by atoms with Crippen LogP contribution in [0, 0.1) is 5.41 Å². The Bertz CT molecular complexity index is 1080. The maximum Gasteiger partial charge on any atom is 0.407 e. The molecule has 2 fully saturated rings. The van der Waals surface area contributed by atoms with Crippen molar-refractivity contribution in [2.45, 2.75) is 44.1 Å². The van der Waals surface area contributed by atoms with Crippen LogP contribution in [0.4, 0.5) is 4.79 Å². The van der Waals surface area contributed by atoms with E-state index < -0.39 is 23.0 Å². The first kappa shape index (κ1) is 21.5. The van der Waals surface area contributed by atoms with Crippen molar-refractivity contribution in [3.63, 3.8) is 0 Å². The van der Waals surface area contributed by atoms with Crippen LogP contribution in [0.2, 0.25) is 0 Å². The van der Waals surface area contributed by atoms with Gasteiger partial charge in [-0.2, -0.15) is 0 Å². The van der Waals surface area contributed by atoms with Crippen molar-refractivity contribution in [1.82, 2.24) is 10.2 Å². The van der Waals surface area contributed by atoms with Crippen LogP contribution in [0.5, 0.6) is 0 Å². The van der Waals surface area contributed by atoms with Crippen LogP contribution in [-0.4, -0.2) is 53.2 Å². The molecule has 2 aliphatic carbocycles. The largest absolute Gasteiger partial charge is 0.480 e. The van der Waals surface area contributed by atoms with E-state index in [1.165, 1.54) is 4.90 Å². The number of hydrogen-bond donors (Lipinski definition) is 2. The molecule has 1 aliphatic heterocycles. The smallest absolute Gasteiger partial charge is 0.407 e. The molecule has 2 aromatic carbocycles. The number of likely N-dealkylation sites (tertiary alicyclic amines) is 1. The second-order valence-corrected chi connectivity index (χ2v) is 9.60. The van der Waals surface area contributed by atoms with Crippen molar-refractivity contribution in [3.8, 4) is 11.1 Å². The number of fused-ring (bicyclic) bond motifs is 3. The predicted octanol–water partition coefficient (Wildman–Crippen LogP) is 3.77. The van der Waals surface area contributed by atoms with Crippen LogP contribution >= 0.6 is 0 Å². The fraction of sp³-hybridized carbons (Fsp3) is 0.423. The van der Waals surface area contributed by atoms with Gasteiger partial charge in [-0.3, -0.25) is 4.79 Å². The number of rotatable bonds is 6. The van der Waals surface area contributed by atoms with E-state index in [2.05, 4.69) is 29.6 Å². The molecule has 0 spiro atoms. The van der Waals surface area contributed by atoms with Crippen molar-refractivity contribution < 1.29 is 24.2 Å². The molecule has 1 heterocycles. The quantitative estimate of drug-likeness (QED) is 0.701. The Morgan fingerprint density at radius 2 is 1.64 bits per heavy atom.